The first-order valence-electron chi connectivity index (χ1n) is 6.74. The third kappa shape index (κ3) is 3.52. The fourth-order valence-corrected chi connectivity index (χ4v) is 2.92. The van der Waals surface area contributed by atoms with Crippen LogP contribution >= 0.6 is 0 Å². The predicted molar refractivity (Wildman–Crippen MR) is 67.8 cm³/mol. The minimum absolute atomic E-state index is 0.0556. The van der Waals surface area contributed by atoms with E-state index in [9.17, 15) is 18.7 Å². The quantitative estimate of drug-likeness (QED) is 0.847. The molecule has 2 nitrogen and oxygen atoms in total. The number of carboxylic acid groups (broad SMARTS) is 1. The Kier molecular flexibility index (Phi) is 4.51. The normalized spacial score (nSPS) is 23.9. The van der Waals surface area contributed by atoms with Gasteiger partial charge in [0.15, 0.2) is 0 Å². The molecule has 1 aromatic rings. The maximum absolute atomic E-state index is 13.6. The van der Waals surface area contributed by atoms with Gasteiger partial charge >= 0.3 is 5.97 Å². The van der Waals surface area contributed by atoms with Crippen molar-refractivity contribution in [2.75, 3.05) is 0 Å². The van der Waals surface area contributed by atoms with Crippen LogP contribution in [0.2, 0.25) is 0 Å². The number of benzene rings is 1. The molecule has 2 rings (SSSR count). The summed E-state index contributed by atoms with van der Waals surface area (Å²) in [5.41, 5.74) is 0.416. The van der Waals surface area contributed by atoms with Crippen LogP contribution in [0.5, 0.6) is 0 Å². The minimum Gasteiger partial charge on any atom is -0.481 e. The molecule has 1 saturated carbocycles. The highest BCUT2D eigenvalue weighted by molar-refractivity contribution is 5.70. The van der Waals surface area contributed by atoms with Crippen molar-refractivity contribution in [3.8, 4) is 0 Å². The summed E-state index contributed by atoms with van der Waals surface area (Å²) >= 11 is 0. The standard InChI is InChI=1S/C15H18F2O2/c16-12-7-6-11(14(17)9-12)8-10-4-2-1-3-5-13(10)15(18)19/h6-7,9-10,13H,1-5,8H2,(H,18,19). The zero-order valence-corrected chi connectivity index (χ0v) is 10.7. The van der Waals surface area contributed by atoms with E-state index in [2.05, 4.69) is 0 Å². The molecule has 4 heteroatoms. The van der Waals surface area contributed by atoms with Gasteiger partial charge in [-0.25, -0.2) is 8.78 Å². The van der Waals surface area contributed by atoms with Crippen LogP contribution in [0.25, 0.3) is 0 Å². The van der Waals surface area contributed by atoms with E-state index < -0.39 is 23.5 Å². The first-order chi connectivity index (χ1) is 9.08. The number of hydrogen-bond donors (Lipinski definition) is 1. The molecule has 0 aromatic heterocycles. The molecule has 0 radical (unpaired) electrons. The Labute approximate surface area is 111 Å². The first kappa shape index (κ1) is 14.0. The molecule has 19 heavy (non-hydrogen) atoms. The van der Waals surface area contributed by atoms with E-state index in [-0.39, 0.29) is 5.92 Å². The lowest BCUT2D eigenvalue weighted by molar-refractivity contribution is -0.143. The molecule has 0 spiro atoms. The summed E-state index contributed by atoms with van der Waals surface area (Å²) in [6, 6.07) is 3.52. The number of halogens is 2. The van der Waals surface area contributed by atoms with Crippen molar-refractivity contribution in [1.29, 1.82) is 0 Å². The number of aliphatic carboxylic acids is 1. The van der Waals surface area contributed by atoms with Gasteiger partial charge in [0.05, 0.1) is 5.92 Å². The van der Waals surface area contributed by atoms with Crippen LogP contribution in [0.3, 0.4) is 0 Å². The van der Waals surface area contributed by atoms with Crippen LogP contribution in [0, 0.1) is 23.5 Å². The van der Waals surface area contributed by atoms with Crippen LogP contribution in [0.4, 0.5) is 8.78 Å². The topological polar surface area (TPSA) is 37.3 Å². The Morgan fingerprint density at radius 2 is 1.95 bits per heavy atom. The third-order valence-electron chi connectivity index (χ3n) is 3.97. The summed E-state index contributed by atoms with van der Waals surface area (Å²) in [5, 5.41) is 9.27. The molecule has 1 N–H and O–H groups in total. The summed E-state index contributed by atoms with van der Waals surface area (Å²) < 4.78 is 26.5. The molecule has 2 atom stereocenters. The molecule has 2 unspecified atom stereocenters. The van der Waals surface area contributed by atoms with Gasteiger partial charge in [0.1, 0.15) is 11.6 Å². The number of hydrogen-bond acceptors (Lipinski definition) is 1. The zero-order valence-electron chi connectivity index (χ0n) is 10.7. The molecular formula is C15H18F2O2. The average molecular weight is 268 g/mol. The van der Waals surface area contributed by atoms with Crippen molar-refractivity contribution in [3.63, 3.8) is 0 Å². The maximum Gasteiger partial charge on any atom is 0.306 e. The fourth-order valence-electron chi connectivity index (χ4n) is 2.92. The van der Waals surface area contributed by atoms with Gasteiger partial charge in [0.2, 0.25) is 0 Å². The molecule has 0 saturated heterocycles. The Bertz CT molecular complexity index is 459. The van der Waals surface area contributed by atoms with Crippen LogP contribution in [-0.4, -0.2) is 11.1 Å². The van der Waals surface area contributed by atoms with Gasteiger partial charge in [-0.05, 0) is 36.8 Å². The van der Waals surface area contributed by atoms with Gasteiger partial charge in [-0.2, -0.15) is 0 Å². The SMILES string of the molecule is O=C(O)C1CCCCCC1Cc1ccc(F)cc1F. The molecule has 104 valence electrons. The summed E-state index contributed by atoms with van der Waals surface area (Å²) in [6.07, 6.45) is 4.77. The zero-order chi connectivity index (χ0) is 13.8. The summed E-state index contributed by atoms with van der Waals surface area (Å²) in [5.74, 6) is -2.44. The van der Waals surface area contributed by atoms with Gasteiger partial charge in [0.25, 0.3) is 0 Å². The molecule has 1 aliphatic rings. The number of carbonyl (C=O) groups is 1. The summed E-state index contributed by atoms with van der Waals surface area (Å²) in [7, 11) is 0. The monoisotopic (exact) mass is 268 g/mol. The molecule has 1 aliphatic carbocycles. The Morgan fingerprint density at radius 1 is 1.21 bits per heavy atom. The second kappa shape index (κ2) is 6.13. The van der Waals surface area contributed by atoms with E-state index in [0.717, 1.165) is 31.7 Å². The minimum atomic E-state index is -0.797. The lowest BCUT2D eigenvalue weighted by Crippen LogP contribution is -2.24. The van der Waals surface area contributed by atoms with Crippen molar-refractivity contribution < 1.29 is 18.7 Å². The van der Waals surface area contributed by atoms with E-state index in [1.54, 1.807) is 0 Å². The van der Waals surface area contributed by atoms with Gasteiger partial charge in [-0.15, -0.1) is 0 Å². The fraction of sp³-hybridized carbons (Fsp3) is 0.533. The molecule has 0 heterocycles. The molecule has 0 amide bonds. The van der Waals surface area contributed by atoms with E-state index in [1.165, 1.54) is 12.1 Å². The highest BCUT2D eigenvalue weighted by Gasteiger charge is 2.30. The lowest BCUT2D eigenvalue weighted by Gasteiger charge is -2.21. The van der Waals surface area contributed by atoms with Gasteiger partial charge < -0.3 is 5.11 Å². The van der Waals surface area contributed by atoms with Crippen molar-refractivity contribution in [1.82, 2.24) is 0 Å². The summed E-state index contributed by atoms with van der Waals surface area (Å²) in [6.45, 7) is 0. The summed E-state index contributed by atoms with van der Waals surface area (Å²) in [4.78, 5) is 11.3. The first-order valence-corrected chi connectivity index (χ1v) is 6.74. The number of rotatable bonds is 3. The molecule has 1 aromatic carbocycles. The smallest absolute Gasteiger partial charge is 0.306 e. The highest BCUT2D eigenvalue weighted by atomic mass is 19.1. The van der Waals surface area contributed by atoms with Crippen LogP contribution in [0.1, 0.15) is 37.7 Å². The second-order valence-corrected chi connectivity index (χ2v) is 5.28. The predicted octanol–water partition coefficient (Wildman–Crippen LogP) is 3.79. The maximum atomic E-state index is 13.6. The Hall–Kier alpha value is -1.45. The third-order valence-corrected chi connectivity index (χ3v) is 3.97. The van der Waals surface area contributed by atoms with E-state index in [4.69, 9.17) is 0 Å². The molecule has 1 fully saturated rings. The largest absolute Gasteiger partial charge is 0.481 e. The van der Waals surface area contributed by atoms with Gasteiger partial charge in [0, 0.05) is 6.07 Å². The molecule has 0 aliphatic heterocycles. The van der Waals surface area contributed by atoms with E-state index >= 15 is 0 Å². The van der Waals surface area contributed by atoms with Crippen molar-refractivity contribution in [3.05, 3.63) is 35.4 Å². The lowest BCUT2D eigenvalue weighted by atomic mass is 9.83. The van der Waals surface area contributed by atoms with Crippen molar-refractivity contribution in [2.24, 2.45) is 11.8 Å². The van der Waals surface area contributed by atoms with Crippen LogP contribution in [0.15, 0.2) is 18.2 Å². The van der Waals surface area contributed by atoms with Crippen LogP contribution < -0.4 is 0 Å². The van der Waals surface area contributed by atoms with Crippen LogP contribution in [-0.2, 0) is 11.2 Å². The van der Waals surface area contributed by atoms with Crippen molar-refractivity contribution in [2.45, 2.75) is 38.5 Å². The molecular weight excluding hydrogens is 250 g/mol. The Balaban J connectivity index is 2.16. The molecule has 0 bridgehead atoms. The highest BCUT2D eigenvalue weighted by Crippen LogP contribution is 2.32. The van der Waals surface area contributed by atoms with E-state index in [0.29, 0.717) is 18.4 Å². The Morgan fingerprint density at radius 3 is 2.63 bits per heavy atom. The van der Waals surface area contributed by atoms with Crippen molar-refractivity contribution >= 4 is 5.97 Å². The average Bonchev–Trinajstić information content (AvgIpc) is 2.58. The van der Waals surface area contributed by atoms with Gasteiger partial charge in [-0.1, -0.05) is 25.3 Å². The number of carboxylic acids is 1. The van der Waals surface area contributed by atoms with Gasteiger partial charge in [-0.3, -0.25) is 4.79 Å². The second-order valence-electron chi connectivity index (χ2n) is 5.28. The van der Waals surface area contributed by atoms with E-state index in [1.807, 2.05) is 0 Å².